The third-order valence-electron chi connectivity index (χ3n) is 3.09. The highest BCUT2D eigenvalue weighted by molar-refractivity contribution is 7.80. The molecule has 0 radical (unpaired) electrons. The fraction of sp³-hybridized carbons (Fsp3) is 0.200. The number of nitrogens with one attached hydrogen (secondary N) is 2. The van der Waals surface area contributed by atoms with E-state index in [9.17, 15) is 4.79 Å². The first-order chi connectivity index (χ1) is 10.1. The molecule has 0 saturated heterocycles. The molecule has 1 aromatic heterocycles. The van der Waals surface area contributed by atoms with Gasteiger partial charge in [0.05, 0.1) is 29.6 Å². The van der Waals surface area contributed by atoms with Gasteiger partial charge in [-0.25, -0.2) is 4.79 Å². The predicted octanol–water partition coefficient (Wildman–Crippen LogP) is 2.47. The summed E-state index contributed by atoms with van der Waals surface area (Å²) in [7, 11) is 0. The Kier molecular flexibility index (Phi) is 4.52. The monoisotopic (exact) mass is 302 g/mol. The van der Waals surface area contributed by atoms with Gasteiger partial charge >= 0.3 is 5.97 Å². The number of hydrogen-bond acceptors (Lipinski definition) is 5. The van der Waals surface area contributed by atoms with Crippen molar-refractivity contribution in [2.24, 2.45) is 0 Å². The Morgan fingerprint density at radius 2 is 2.48 bits per heavy atom. The molecule has 2 heterocycles. The van der Waals surface area contributed by atoms with Crippen molar-refractivity contribution in [2.45, 2.75) is 12.8 Å². The summed E-state index contributed by atoms with van der Waals surface area (Å²) in [5, 5.41) is 10.4. The van der Waals surface area contributed by atoms with Crippen molar-refractivity contribution in [1.82, 2.24) is 5.32 Å². The summed E-state index contributed by atoms with van der Waals surface area (Å²) in [6, 6.07) is 1.73. The third kappa shape index (κ3) is 2.86. The Morgan fingerprint density at radius 1 is 1.71 bits per heavy atom. The summed E-state index contributed by atoms with van der Waals surface area (Å²) in [4.78, 5) is 12.7. The van der Waals surface area contributed by atoms with Gasteiger partial charge in [-0.2, -0.15) is 0 Å². The van der Waals surface area contributed by atoms with E-state index in [4.69, 9.17) is 26.8 Å². The smallest absolute Gasteiger partial charge is 0.337 e. The second-order valence-corrected chi connectivity index (χ2v) is 4.82. The van der Waals surface area contributed by atoms with Crippen molar-refractivity contribution in [2.75, 3.05) is 6.61 Å². The average molecular weight is 302 g/mol. The second-order valence-electron chi connectivity index (χ2n) is 4.41. The summed E-state index contributed by atoms with van der Waals surface area (Å²) in [6.45, 7) is 5.37. The van der Waals surface area contributed by atoms with Crippen LogP contribution in [0.3, 0.4) is 0 Å². The lowest BCUT2D eigenvalue weighted by Crippen LogP contribution is -2.35. The fourth-order valence-corrected chi connectivity index (χ4v) is 2.50. The Hall–Kier alpha value is -2.43. The van der Waals surface area contributed by atoms with Crippen LogP contribution in [0, 0.1) is 5.41 Å². The quantitative estimate of drug-likeness (QED) is 0.294. The van der Waals surface area contributed by atoms with Gasteiger partial charge in [-0.1, -0.05) is 24.9 Å². The van der Waals surface area contributed by atoms with Crippen molar-refractivity contribution in [1.29, 1.82) is 5.41 Å². The van der Waals surface area contributed by atoms with E-state index in [0.29, 0.717) is 21.8 Å². The number of hydrogen-bond donors (Lipinski definition) is 2. The predicted molar refractivity (Wildman–Crippen MR) is 82.3 cm³/mol. The normalized spacial score (nSPS) is 18.0. The van der Waals surface area contributed by atoms with Gasteiger partial charge in [0.1, 0.15) is 11.6 Å². The zero-order valence-electron chi connectivity index (χ0n) is 11.4. The van der Waals surface area contributed by atoms with E-state index in [1.165, 1.54) is 18.6 Å². The van der Waals surface area contributed by atoms with E-state index in [-0.39, 0.29) is 6.61 Å². The first kappa shape index (κ1) is 15.0. The van der Waals surface area contributed by atoms with Crippen LogP contribution in [0.2, 0.25) is 0 Å². The van der Waals surface area contributed by atoms with Crippen molar-refractivity contribution in [3.8, 4) is 0 Å². The van der Waals surface area contributed by atoms with Crippen LogP contribution in [-0.2, 0) is 9.53 Å². The van der Waals surface area contributed by atoms with Gasteiger partial charge in [-0.05, 0) is 18.9 Å². The largest absolute Gasteiger partial charge is 0.472 e. The summed E-state index contributed by atoms with van der Waals surface area (Å²) in [6.07, 6.45) is 4.52. The molecular formula is C15H14N2O3S. The Labute approximate surface area is 127 Å². The minimum absolute atomic E-state index is 0.113. The number of ether oxygens (including phenoxy) is 1. The van der Waals surface area contributed by atoms with Gasteiger partial charge in [0, 0.05) is 11.3 Å². The maximum absolute atomic E-state index is 12.3. The van der Waals surface area contributed by atoms with E-state index in [2.05, 4.69) is 17.8 Å². The molecule has 1 aliphatic rings. The topological polar surface area (TPSA) is 75.3 Å². The lowest BCUT2D eigenvalue weighted by Gasteiger charge is -2.28. The van der Waals surface area contributed by atoms with Crippen LogP contribution in [0.4, 0.5) is 0 Å². The van der Waals surface area contributed by atoms with E-state index in [1.54, 1.807) is 13.0 Å². The Bertz CT molecular complexity index is 667. The highest BCUT2D eigenvalue weighted by Crippen LogP contribution is 2.36. The molecule has 1 unspecified atom stereocenters. The molecule has 5 nitrogen and oxygen atoms in total. The Morgan fingerprint density at radius 3 is 3.05 bits per heavy atom. The first-order valence-corrected chi connectivity index (χ1v) is 6.62. The number of allylic oxidation sites excluding steroid dienone is 1. The molecule has 0 spiro atoms. The fourth-order valence-electron chi connectivity index (χ4n) is 2.18. The summed E-state index contributed by atoms with van der Waals surface area (Å²) >= 11 is 5.22. The third-order valence-corrected chi connectivity index (χ3v) is 3.41. The molecule has 6 heteroatoms. The molecule has 21 heavy (non-hydrogen) atoms. The molecule has 0 aliphatic carbocycles. The zero-order chi connectivity index (χ0) is 15.4. The highest BCUT2D eigenvalue weighted by Gasteiger charge is 2.36. The molecule has 2 rings (SSSR count). The van der Waals surface area contributed by atoms with Gasteiger partial charge in [-0.15, -0.1) is 0 Å². The minimum Gasteiger partial charge on any atom is -0.472 e. The lowest BCUT2D eigenvalue weighted by atomic mass is 9.83. The highest BCUT2D eigenvalue weighted by atomic mass is 32.1. The molecule has 0 amide bonds. The van der Waals surface area contributed by atoms with Gasteiger partial charge in [-0.3, -0.25) is 5.41 Å². The minimum atomic E-state index is -0.521. The molecular weight excluding hydrogens is 288 g/mol. The van der Waals surface area contributed by atoms with Crippen LogP contribution in [0.1, 0.15) is 18.4 Å². The van der Waals surface area contributed by atoms with Crippen molar-refractivity contribution < 1.29 is 13.9 Å². The summed E-state index contributed by atoms with van der Waals surface area (Å²) < 4.78 is 10.2. The number of thiocarbonyl (C=S) groups is 1. The van der Waals surface area contributed by atoms with Gasteiger partial charge < -0.3 is 14.5 Å². The maximum Gasteiger partial charge on any atom is 0.337 e. The average Bonchev–Trinajstić information content (AvgIpc) is 2.97. The second kappa shape index (κ2) is 6.35. The van der Waals surface area contributed by atoms with Gasteiger partial charge in [0.25, 0.3) is 0 Å². The number of carbonyl (C=O) groups excluding carboxylic acids is 1. The number of carbonyl (C=O) groups is 1. The van der Waals surface area contributed by atoms with Crippen LogP contribution in [0.25, 0.3) is 0 Å². The number of rotatable bonds is 4. The zero-order valence-corrected chi connectivity index (χ0v) is 12.3. The molecule has 1 aromatic rings. The van der Waals surface area contributed by atoms with Crippen molar-refractivity contribution in [3.05, 3.63) is 53.7 Å². The van der Waals surface area contributed by atoms with E-state index < -0.39 is 11.9 Å². The van der Waals surface area contributed by atoms with Gasteiger partial charge in [0.15, 0.2) is 0 Å². The standard InChI is InChI=1S/C15H14N2O3S/c1-3-5-20-15(18)12-9(2)17-14(21)11(7-16)13(12)10-4-6-19-8-10/h3-4,6,8,13,16H,1,5H2,2H3,(H,17,21). The molecule has 108 valence electrons. The molecule has 0 aromatic carbocycles. The summed E-state index contributed by atoms with van der Waals surface area (Å²) in [5.74, 6) is 1.31. The van der Waals surface area contributed by atoms with Crippen LogP contribution in [0.5, 0.6) is 0 Å². The molecule has 0 bridgehead atoms. The molecule has 0 saturated carbocycles. The maximum atomic E-state index is 12.3. The molecule has 1 atom stereocenters. The van der Waals surface area contributed by atoms with Crippen LogP contribution in [-0.4, -0.2) is 23.4 Å². The first-order valence-electron chi connectivity index (χ1n) is 6.22. The summed E-state index contributed by atoms with van der Waals surface area (Å²) in [5.41, 5.74) is 2.11. The lowest BCUT2D eigenvalue weighted by molar-refractivity contribution is -0.138. The van der Waals surface area contributed by atoms with Crippen LogP contribution in [0.15, 0.2) is 52.5 Å². The molecule has 2 N–H and O–H groups in total. The van der Waals surface area contributed by atoms with Crippen LogP contribution < -0.4 is 5.32 Å². The van der Waals surface area contributed by atoms with E-state index in [0.717, 1.165) is 5.56 Å². The molecule has 1 aliphatic heterocycles. The van der Waals surface area contributed by atoms with Gasteiger partial charge in [0.2, 0.25) is 0 Å². The molecule has 0 fully saturated rings. The van der Waals surface area contributed by atoms with E-state index >= 15 is 0 Å². The number of furan rings is 1. The van der Waals surface area contributed by atoms with Crippen molar-refractivity contribution >= 4 is 29.0 Å². The van der Waals surface area contributed by atoms with Crippen molar-refractivity contribution in [3.63, 3.8) is 0 Å². The van der Waals surface area contributed by atoms with E-state index in [1.807, 2.05) is 0 Å². The Balaban J connectivity index is 2.53. The SMILES string of the molecule is C=CCOC(=O)C1=C(C)NC(=S)C(=C=N)C1c1ccoc1. The van der Waals surface area contributed by atoms with Crippen LogP contribution >= 0.6 is 12.2 Å². The number of esters is 1.